The fourth-order valence-corrected chi connectivity index (χ4v) is 4.91. The number of benzene rings is 4. The number of hydrogen-bond acceptors (Lipinski definition) is 6. The topological polar surface area (TPSA) is 83.8 Å². The van der Waals surface area contributed by atoms with E-state index in [-0.39, 0.29) is 11.4 Å². The second-order valence-electron chi connectivity index (χ2n) is 8.16. The lowest BCUT2D eigenvalue weighted by Crippen LogP contribution is -2.38. The number of carboxylic acids is 1. The maximum atomic E-state index is 12.0. The zero-order chi connectivity index (χ0) is 25.5. The third-order valence-electron chi connectivity index (χ3n) is 5.85. The van der Waals surface area contributed by atoms with Crippen LogP contribution in [0.5, 0.6) is 5.75 Å². The van der Waals surface area contributed by atoms with Crippen molar-refractivity contribution in [3.05, 3.63) is 149 Å². The SMILES string of the molecule is O=C(O)C(=NOc1ccccc1)c1csc(NC(c2ccccc2)(c2ccccc2)c2ccccc2)n1. The fraction of sp³-hybridized carbons (Fsp3) is 0.0333. The molecule has 0 aliphatic carbocycles. The molecule has 37 heavy (non-hydrogen) atoms. The molecule has 5 rings (SSSR count). The van der Waals surface area contributed by atoms with Gasteiger partial charge in [-0.25, -0.2) is 9.78 Å². The molecule has 0 unspecified atom stereocenters. The molecule has 0 saturated heterocycles. The smallest absolute Gasteiger partial charge is 0.360 e. The Morgan fingerprint density at radius 1 is 0.757 bits per heavy atom. The number of rotatable bonds is 9. The van der Waals surface area contributed by atoms with Crippen LogP contribution in [0.4, 0.5) is 5.13 Å². The first kappa shape index (κ1) is 24.0. The van der Waals surface area contributed by atoms with E-state index in [1.54, 1.807) is 29.6 Å². The highest BCUT2D eigenvalue weighted by Gasteiger charge is 2.37. The van der Waals surface area contributed by atoms with Crippen LogP contribution < -0.4 is 10.2 Å². The first-order valence-electron chi connectivity index (χ1n) is 11.6. The standard InChI is InChI=1S/C30H23N3O3S/c34-28(35)27(33-36-25-19-11-4-12-20-25)26-21-37-29(31-26)32-30(22-13-5-1-6-14-22,23-15-7-2-8-16-23)24-17-9-3-10-18-24/h1-21H,(H,31,32)(H,34,35). The van der Waals surface area contributed by atoms with Gasteiger partial charge in [0.15, 0.2) is 10.9 Å². The molecule has 1 aromatic heterocycles. The fourth-order valence-electron chi connectivity index (χ4n) is 4.16. The lowest BCUT2D eigenvalue weighted by molar-refractivity contribution is -0.129. The molecular weight excluding hydrogens is 482 g/mol. The van der Waals surface area contributed by atoms with Gasteiger partial charge in [0.2, 0.25) is 5.71 Å². The second-order valence-corrected chi connectivity index (χ2v) is 9.02. The number of aliphatic carboxylic acids is 1. The normalized spacial score (nSPS) is 11.6. The first-order valence-corrected chi connectivity index (χ1v) is 12.5. The lowest BCUT2D eigenvalue weighted by atomic mass is 9.77. The highest BCUT2D eigenvalue weighted by molar-refractivity contribution is 7.14. The van der Waals surface area contributed by atoms with Gasteiger partial charge in [0.05, 0.1) is 0 Å². The highest BCUT2D eigenvalue weighted by atomic mass is 32.1. The van der Waals surface area contributed by atoms with Crippen LogP contribution in [0.2, 0.25) is 0 Å². The van der Waals surface area contributed by atoms with Gasteiger partial charge < -0.3 is 15.3 Å². The Hall–Kier alpha value is -4.75. The van der Waals surface area contributed by atoms with Crippen molar-refractivity contribution in [2.45, 2.75) is 5.54 Å². The number of para-hydroxylation sites is 1. The summed E-state index contributed by atoms with van der Waals surface area (Å²) < 4.78 is 0. The van der Waals surface area contributed by atoms with Crippen molar-refractivity contribution in [1.82, 2.24) is 4.98 Å². The number of carbonyl (C=O) groups is 1. The van der Waals surface area contributed by atoms with Crippen LogP contribution in [-0.4, -0.2) is 21.8 Å². The minimum atomic E-state index is -1.23. The van der Waals surface area contributed by atoms with Crippen LogP contribution in [0.15, 0.2) is 132 Å². The number of thiazole rings is 1. The number of hydrogen-bond donors (Lipinski definition) is 2. The molecule has 0 saturated carbocycles. The van der Waals surface area contributed by atoms with Crippen molar-refractivity contribution in [3.63, 3.8) is 0 Å². The molecule has 0 bridgehead atoms. The Balaban J connectivity index is 1.58. The number of carboxylic acid groups (broad SMARTS) is 1. The molecule has 0 radical (unpaired) electrons. The van der Waals surface area contributed by atoms with Crippen molar-refractivity contribution in [2.75, 3.05) is 5.32 Å². The Kier molecular flexibility index (Phi) is 7.05. The molecule has 0 fully saturated rings. The molecule has 0 spiro atoms. The third-order valence-corrected chi connectivity index (χ3v) is 6.61. The minimum Gasteiger partial charge on any atom is -0.476 e. The average molecular weight is 506 g/mol. The van der Waals surface area contributed by atoms with Gasteiger partial charge in [-0.1, -0.05) is 114 Å². The van der Waals surface area contributed by atoms with Crippen molar-refractivity contribution in [3.8, 4) is 5.75 Å². The largest absolute Gasteiger partial charge is 0.476 e. The van der Waals surface area contributed by atoms with Crippen molar-refractivity contribution < 1.29 is 14.7 Å². The predicted molar refractivity (Wildman–Crippen MR) is 146 cm³/mol. The van der Waals surface area contributed by atoms with Gasteiger partial charge in [0, 0.05) is 5.38 Å². The van der Waals surface area contributed by atoms with Crippen LogP contribution in [0.1, 0.15) is 22.4 Å². The molecule has 7 heteroatoms. The first-order chi connectivity index (χ1) is 18.2. The van der Waals surface area contributed by atoms with E-state index in [2.05, 4.69) is 51.9 Å². The van der Waals surface area contributed by atoms with Gasteiger partial charge in [0.25, 0.3) is 0 Å². The Bertz CT molecular complexity index is 1390. The van der Waals surface area contributed by atoms with Crippen molar-refractivity contribution >= 4 is 28.1 Å². The molecule has 0 aliphatic heterocycles. The van der Waals surface area contributed by atoms with Gasteiger partial charge in [-0.05, 0) is 28.8 Å². The molecule has 2 N–H and O–H groups in total. The Morgan fingerprint density at radius 3 is 1.68 bits per heavy atom. The zero-order valence-corrected chi connectivity index (χ0v) is 20.5. The Morgan fingerprint density at radius 2 is 1.22 bits per heavy atom. The molecule has 6 nitrogen and oxygen atoms in total. The molecule has 4 aromatic carbocycles. The van der Waals surface area contributed by atoms with Gasteiger partial charge in [-0.3, -0.25) is 0 Å². The number of oxime groups is 1. The predicted octanol–water partition coefficient (Wildman–Crippen LogP) is 6.41. The van der Waals surface area contributed by atoms with Crippen LogP contribution >= 0.6 is 11.3 Å². The van der Waals surface area contributed by atoms with Gasteiger partial charge in [0.1, 0.15) is 11.2 Å². The van der Waals surface area contributed by atoms with Gasteiger partial charge >= 0.3 is 5.97 Å². The van der Waals surface area contributed by atoms with Gasteiger partial charge in [-0.2, -0.15) is 0 Å². The summed E-state index contributed by atoms with van der Waals surface area (Å²) in [5.74, 6) is -0.792. The molecule has 0 atom stereocenters. The number of nitrogens with zero attached hydrogens (tertiary/aromatic N) is 2. The third kappa shape index (κ3) is 5.12. The summed E-state index contributed by atoms with van der Waals surface area (Å²) in [6.45, 7) is 0. The van der Waals surface area contributed by atoms with Crippen LogP contribution in [0.25, 0.3) is 0 Å². The summed E-state index contributed by atoms with van der Waals surface area (Å²) in [5, 5.41) is 19.5. The average Bonchev–Trinajstić information content (AvgIpc) is 3.41. The molecule has 1 heterocycles. The van der Waals surface area contributed by atoms with Crippen LogP contribution in [0, 0.1) is 0 Å². The van der Waals surface area contributed by atoms with Crippen molar-refractivity contribution in [1.29, 1.82) is 0 Å². The molecule has 0 aliphatic rings. The summed E-state index contributed by atoms with van der Waals surface area (Å²) in [4.78, 5) is 22.0. The van der Waals surface area contributed by atoms with E-state index in [9.17, 15) is 9.90 Å². The van der Waals surface area contributed by atoms with E-state index in [1.807, 2.05) is 60.7 Å². The van der Waals surface area contributed by atoms with E-state index in [0.29, 0.717) is 10.9 Å². The lowest BCUT2D eigenvalue weighted by Gasteiger charge is -2.36. The van der Waals surface area contributed by atoms with E-state index >= 15 is 0 Å². The molecule has 0 amide bonds. The monoisotopic (exact) mass is 505 g/mol. The zero-order valence-electron chi connectivity index (χ0n) is 19.7. The van der Waals surface area contributed by atoms with Gasteiger partial charge in [-0.15, -0.1) is 11.3 Å². The summed E-state index contributed by atoms with van der Waals surface area (Å²) in [6, 6.07) is 39.2. The summed E-state index contributed by atoms with van der Waals surface area (Å²) in [6.07, 6.45) is 0. The summed E-state index contributed by atoms with van der Waals surface area (Å²) >= 11 is 1.31. The summed E-state index contributed by atoms with van der Waals surface area (Å²) in [7, 11) is 0. The van der Waals surface area contributed by atoms with E-state index in [0.717, 1.165) is 16.7 Å². The van der Waals surface area contributed by atoms with Crippen LogP contribution in [0.3, 0.4) is 0 Å². The molecule has 182 valence electrons. The number of nitrogens with one attached hydrogen (secondary N) is 1. The maximum absolute atomic E-state index is 12.0. The second kappa shape index (κ2) is 10.9. The van der Waals surface area contributed by atoms with E-state index in [1.165, 1.54) is 11.3 Å². The van der Waals surface area contributed by atoms with Crippen LogP contribution in [-0.2, 0) is 10.3 Å². The Labute approximate surface area is 218 Å². The highest BCUT2D eigenvalue weighted by Crippen LogP contribution is 2.40. The quantitative estimate of drug-likeness (QED) is 0.137. The van der Waals surface area contributed by atoms with Crippen molar-refractivity contribution in [2.24, 2.45) is 5.16 Å². The minimum absolute atomic E-state index is 0.207. The van der Waals surface area contributed by atoms with E-state index in [4.69, 9.17) is 4.84 Å². The molecule has 5 aromatic rings. The maximum Gasteiger partial charge on any atom is 0.360 e. The summed E-state index contributed by atoms with van der Waals surface area (Å²) in [5.41, 5.74) is 2.20. The molecular formula is C30H23N3O3S. The van der Waals surface area contributed by atoms with E-state index < -0.39 is 11.5 Å². The number of anilines is 1. The number of aromatic nitrogens is 1.